The Hall–Kier alpha value is -2.81. The number of hydrogen-bond acceptors (Lipinski definition) is 2. The highest BCUT2D eigenvalue weighted by Gasteiger charge is 2.45. The van der Waals surface area contributed by atoms with Crippen LogP contribution in [-0.2, 0) is 11.2 Å². The molecular weight excluding hydrogens is 454 g/mol. The van der Waals surface area contributed by atoms with Gasteiger partial charge in [0.2, 0.25) is 5.91 Å². The Morgan fingerprint density at radius 3 is 2.19 bits per heavy atom. The summed E-state index contributed by atoms with van der Waals surface area (Å²) < 4.78 is 54.9. The maximum absolute atomic E-state index is 14.7. The minimum Gasteiger partial charge on any atom is -0.450 e. The largest absolute Gasteiger partial charge is 0.503 e. The zero-order valence-electron chi connectivity index (χ0n) is 17.0. The Morgan fingerprint density at radius 1 is 1.12 bits per heavy atom. The van der Waals surface area contributed by atoms with Crippen molar-refractivity contribution < 1.29 is 37.4 Å². The molecule has 10 heteroatoms. The molecule has 3 N–H and O–H groups in total. The smallest absolute Gasteiger partial charge is 0.450 e. The average Bonchev–Trinajstić information content (AvgIpc) is 3.49. The Morgan fingerprint density at radius 2 is 1.69 bits per heavy atom. The van der Waals surface area contributed by atoms with E-state index in [0.29, 0.717) is 22.9 Å². The predicted octanol–water partition coefficient (Wildman–Crippen LogP) is 6.57. The monoisotopic (exact) mass is 475 g/mol. The summed E-state index contributed by atoms with van der Waals surface area (Å²) in [6.07, 6.45) is -3.78. The van der Waals surface area contributed by atoms with Crippen molar-refractivity contribution in [1.82, 2.24) is 0 Å². The number of anilines is 1. The van der Waals surface area contributed by atoms with Gasteiger partial charge in [-0.05, 0) is 54.5 Å². The third kappa shape index (κ3) is 7.40. The molecule has 0 aromatic heterocycles. The van der Waals surface area contributed by atoms with Gasteiger partial charge in [0, 0.05) is 5.02 Å². The quantitative estimate of drug-likeness (QED) is 0.412. The molecule has 0 radical (unpaired) electrons. The minimum absolute atomic E-state index is 0.100. The van der Waals surface area contributed by atoms with Gasteiger partial charge in [-0.2, -0.15) is 13.2 Å². The van der Waals surface area contributed by atoms with E-state index in [1.165, 1.54) is 30.3 Å². The van der Waals surface area contributed by atoms with Gasteiger partial charge in [0.15, 0.2) is 0 Å². The number of benzene rings is 2. The molecule has 2 aromatic rings. The summed E-state index contributed by atoms with van der Waals surface area (Å²) in [4.78, 5) is 21.3. The molecule has 1 amide bonds. The molecule has 2 atom stereocenters. The second-order valence-electron chi connectivity index (χ2n) is 7.56. The lowest BCUT2D eigenvalue weighted by Crippen LogP contribution is -2.34. The number of rotatable bonds is 6. The van der Waals surface area contributed by atoms with Gasteiger partial charge in [0.05, 0.1) is 17.5 Å². The van der Waals surface area contributed by atoms with Crippen LogP contribution in [0.3, 0.4) is 0 Å². The van der Waals surface area contributed by atoms with Crippen LogP contribution < -0.4 is 5.32 Å². The summed E-state index contributed by atoms with van der Waals surface area (Å²) in [5, 5.41) is 16.7. The van der Waals surface area contributed by atoms with Gasteiger partial charge < -0.3 is 15.5 Å². The topological polar surface area (TPSA) is 86.6 Å². The van der Waals surface area contributed by atoms with E-state index in [-0.39, 0.29) is 11.3 Å². The van der Waals surface area contributed by atoms with Crippen molar-refractivity contribution in [3.8, 4) is 0 Å². The predicted molar refractivity (Wildman–Crippen MR) is 112 cm³/mol. The van der Waals surface area contributed by atoms with Gasteiger partial charge in [0.25, 0.3) is 0 Å². The van der Waals surface area contributed by atoms with Crippen molar-refractivity contribution in [3.05, 3.63) is 64.4 Å². The van der Waals surface area contributed by atoms with Crippen LogP contribution in [0.1, 0.15) is 36.8 Å². The summed E-state index contributed by atoms with van der Waals surface area (Å²) in [7, 11) is 0. The van der Waals surface area contributed by atoms with Gasteiger partial charge in [-0.15, -0.1) is 0 Å². The normalized spacial score (nSPS) is 15.2. The lowest BCUT2D eigenvalue weighted by Gasteiger charge is -2.26. The zero-order chi connectivity index (χ0) is 24.1. The second kappa shape index (κ2) is 10.7. The summed E-state index contributed by atoms with van der Waals surface area (Å²) in [5.74, 6) is -4.53. The van der Waals surface area contributed by atoms with Crippen molar-refractivity contribution in [1.29, 1.82) is 0 Å². The molecule has 3 rings (SSSR count). The Kier molecular flexibility index (Phi) is 8.49. The Balaban J connectivity index is 0.000000837. The summed E-state index contributed by atoms with van der Waals surface area (Å²) in [6.45, 7) is 0.943. The Labute approximate surface area is 187 Å². The number of carbonyl (C=O) groups excluding carboxylic acids is 1. The van der Waals surface area contributed by atoms with Gasteiger partial charge in [0.1, 0.15) is 5.82 Å². The summed E-state index contributed by atoms with van der Waals surface area (Å²) in [5.41, 5.74) is 0.532. The van der Waals surface area contributed by atoms with E-state index in [4.69, 9.17) is 26.6 Å². The maximum Gasteiger partial charge on any atom is 0.503 e. The molecule has 1 aliphatic rings. The molecule has 0 saturated heterocycles. The highest BCUT2D eigenvalue weighted by atomic mass is 35.5. The van der Waals surface area contributed by atoms with Crippen LogP contribution in [0.25, 0.3) is 0 Å². The summed E-state index contributed by atoms with van der Waals surface area (Å²) >= 11 is 5.81. The van der Waals surface area contributed by atoms with Crippen molar-refractivity contribution >= 4 is 29.4 Å². The third-order valence-electron chi connectivity index (χ3n) is 5.07. The number of hydrogen-bond donors (Lipinski definition) is 3. The SMILES string of the molecule is C[C@H]([C@H](C(=O)Nc1cccc(CC2CC2)c1F)c1ccc(Cl)cc1)C(F)(F)F.O=C(O)O. The van der Waals surface area contributed by atoms with Gasteiger partial charge >= 0.3 is 12.3 Å². The van der Waals surface area contributed by atoms with Crippen molar-refractivity contribution in [3.63, 3.8) is 0 Å². The molecule has 0 heterocycles. The van der Waals surface area contributed by atoms with Gasteiger partial charge in [-0.3, -0.25) is 4.79 Å². The minimum atomic E-state index is -4.59. The van der Waals surface area contributed by atoms with Crippen LogP contribution >= 0.6 is 11.6 Å². The maximum atomic E-state index is 14.7. The zero-order valence-corrected chi connectivity index (χ0v) is 17.8. The van der Waals surface area contributed by atoms with Gasteiger partial charge in [-0.1, -0.05) is 42.8 Å². The molecule has 2 aromatic carbocycles. The first-order valence-electron chi connectivity index (χ1n) is 9.72. The average molecular weight is 476 g/mol. The van der Waals surface area contributed by atoms with E-state index < -0.39 is 35.9 Å². The number of carbonyl (C=O) groups is 2. The molecule has 0 bridgehead atoms. The molecule has 32 heavy (non-hydrogen) atoms. The van der Waals surface area contributed by atoms with Gasteiger partial charge in [-0.25, -0.2) is 9.18 Å². The van der Waals surface area contributed by atoms with E-state index in [1.807, 2.05) is 0 Å². The molecule has 1 aliphatic carbocycles. The van der Waals surface area contributed by atoms with Crippen molar-refractivity contribution in [2.45, 2.75) is 38.3 Å². The van der Waals surface area contributed by atoms with Crippen LogP contribution in [0.4, 0.5) is 28.0 Å². The first kappa shape index (κ1) is 25.5. The highest BCUT2D eigenvalue weighted by molar-refractivity contribution is 6.30. The van der Waals surface area contributed by atoms with Crippen LogP contribution in [0.15, 0.2) is 42.5 Å². The molecule has 174 valence electrons. The first-order chi connectivity index (χ1) is 14.9. The van der Waals surface area contributed by atoms with Crippen molar-refractivity contribution in [2.24, 2.45) is 11.8 Å². The standard InChI is InChI=1S/C21H20ClF4NO.CH2O3/c1-12(21(24,25)26)18(14-7-9-16(22)10-8-14)20(28)27-17-4-2-3-15(19(17)23)11-13-5-6-13;2-1(3)4/h2-4,7-10,12-13,18H,5-6,11H2,1H3,(H,27,28);(H2,2,3,4)/t12-,18+;/m1./s1. The molecular formula is C22H22ClF4NO4. The second-order valence-corrected chi connectivity index (χ2v) is 7.99. The molecule has 0 spiro atoms. The van der Waals surface area contributed by atoms with E-state index >= 15 is 0 Å². The van der Waals surface area contributed by atoms with Crippen LogP contribution in [0.2, 0.25) is 5.02 Å². The van der Waals surface area contributed by atoms with E-state index in [2.05, 4.69) is 5.32 Å². The third-order valence-corrected chi connectivity index (χ3v) is 5.32. The number of carboxylic acid groups (broad SMARTS) is 2. The number of alkyl halides is 3. The van der Waals surface area contributed by atoms with Crippen LogP contribution in [-0.4, -0.2) is 28.5 Å². The lowest BCUT2D eigenvalue weighted by molar-refractivity contribution is -0.178. The van der Waals surface area contributed by atoms with E-state index in [1.54, 1.807) is 12.1 Å². The van der Waals surface area contributed by atoms with E-state index in [9.17, 15) is 22.4 Å². The fourth-order valence-electron chi connectivity index (χ4n) is 3.20. The molecule has 1 saturated carbocycles. The van der Waals surface area contributed by atoms with E-state index in [0.717, 1.165) is 19.8 Å². The number of amides is 1. The lowest BCUT2D eigenvalue weighted by atomic mass is 9.86. The van der Waals surface area contributed by atoms with Crippen LogP contribution in [0, 0.1) is 17.7 Å². The first-order valence-corrected chi connectivity index (χ1v) is 10.1. The number of nitrogens with one attached hydrogen (secondary N) is 1. The fraction of sp³-hybridized carbons (Fsp3) is 0.364. The fourth-order valence-corrected chi connectivity index (χ4v) is 3.33. The molecule has 5 nitrogen and oxygen atoms in total. The number of halogens is 5. The molecule has 0 unspecified atom stereocenters. The van der Waals surface area contributed by atoms with Crippen molar-refractivity contribution in [2.75, 3.05) is 5.32 Å². The Bertz CT molecular complexity index is 942. The molecule has 0 aliphatic heterocycles. The molecule has 1 fully saturated rings. The summed E-state index contributed by atoms with van der Waals surface area (Å²) in [6, 6.07) is 10.2. The van der Waals surface area contributed by atoms with Crippen LogP contribution in [0.5, 0.6) is 0 Å². The highest BCUT2D eigenvalue weighted by Crippen LogP contribution is 2.39.